The van der Waals surface area contributed by atoms with Crippen LogP contribution in [0.25, 0.3) is 0 Å². The standard InChI is InChI=1S/C24H25N3O2/c1-17-8-13-22(18(2)14-17)25-16-23(28)27-21-11-9-20(10-12-21)24(29)26-15-19-6-4-3-5-7-19/h3-14,25H,15-16H2,1-2H3,(H,26,29)(H,27,28). The molecule has 0 atom stereocenters. The first kappa shape index (κ1) is 20.1. The normalized spacial score (nSPS) is 10.3. The first-order valence-electron chi connectivity index (χ1n) is 9.54. The van der Waals surface area contributed by atoms with Crippen molar-refractivity contribution >= 4 is 23.2 Å². The highest BCUT2D eigenvalue weighted by Gasteiger charge is 2.07. The van der Waals surface area contributed by atoms with Crippen LogP contribution in [-0.2, 0) is 11.3 Å². The molecule has 0 radical (unpaired) electrons. The van der Waals surface area contributed by atoms with Gasteiger partial charge >= 0.3 is 0 Å². The van der Waals surface area contributed by atoms with Gasteiger partial charge in [-0.25, -0.2) is 0 Å². The maximum absolute atomic E-state index is 12.3. The van der Waals surface area contributed by atoms with Gasteiger partial charge in [0.05, 0.1) is 6.54 Å². The summed E-state index contributed by atoms with van der Waals surface area (Å²) in [6.07, 6.45) is 0. The van der Waals surface area contributed by atoms with Crippen LogP contribution < -0.4 is 16.0 Å². The quantitative estimate of drug-likeness (QED) is 0.567. The molecule has 0 saturated carbocycles. The molecule has 0 saturated heterocycles. The van der Waals surface area contributed by atoms with E-state index in [2.05, 4.69) is 22.0 Å². The summed E-state index contributed by atoms with van der Waals surface area (Å²) >= 11 is 0. The van der Waals surface area contributed by atoms with E-state index in [1.807, 2.05) is 56.3 Å². The van der Waals surface area contributed by atoms with Crippen molar-refractivity contribution in [2.24, 2.45) is 0 Å². The van der Waals surface area contributed by atoms with Crippen LogP contribution in [0.1, 0.15) is 27.0 Å². The number of carbonyl (C=O) groups is 2. The summed E-state index contributed by atoms with van der Waals surface area (Å²) in [7, 11) is 0. The Labute approximate surface area is 171 Å². The van der Waals surface area contributed by atoms with Gasteiger partial charge < -0.3 is 16.0 Å². The van der Waals surface area contributed by atoms with Gasteiger partial charge in [-0.15, -0.1) is 0 Å². The molecule has 5 nitrogen and oxygen atoms in total. The van der Waals surface area contributed by atoms with Crippen LogP contribution in [0.2, 0.25) is 0 Å². The predicted molar refractivity (Wildman–Crippen MR) is 117 cm³/mol. The molecule has 0 unspecified atom stereocenters. The van der Waals surface area contributed by atoms with Gasteiger partial charge in [0.25, 0.3) is 5.91 Å². The molecule has 29 heavy (non-hydrogen) atoms. The fourth-order valence-electron chi connectivity index (χ4n) is 2.98. The molecule has 148 valence electrons. The Kier molecular flexibility index (Phi) is 6.63. The third-order valence-corrected chi connectivity index (χ3v) is 4.55. The average Bonchev–Trinajstić information content (AvgIpc) is 2.72. The highest BCUT2D eigenvalue weighted by atomic mass is 16.2. The lowest BCUT2D eigenvalue weighted by Gasteiger charge is -2.11. The summed E-state index contributed by atoms with van der Waals surface area (Å²) in [4.78, 5) is 24.4. The van der Waals surface area contributed by atoms with E-state index in [4.69, 9.17) is 0 Å². The van der Waals surface area contributed by atoms with Gasteiger partial charge in [-0.2, -0.15) is 0 Å². The highest BCUT2D eigenvalue weighted by molar-refractivity contribution is 5.96. The molecule has 3 aromatic carbocycles. The van der Waals surface area contributed by atoms with E-state index >= 15 is 0 Å². The summed E-state index contributed by atoms with van der Waals surface area (Å²) in [6, 6.07) is 22.7. The van der Waals surface area contributed by atoms with E-state index in [1.54, 1.807) is 24.3 Å². The number of hydrogen-bond donors (Lipinski definition) is 3. The molecule has 0 aliphatic rings. The number of amides is 2. The van der Waals surface area contributed by atoms with E-state index in [9.17, 15) is 9.59 Å². The van der Waals surface area contributed by atoms with Crippen molar-refractivity contribution in [1.29, 1.82) is 0 Å². The fraction of sp³-hybridized carbons (Fsp3) is 0.167. The Morgan fingerprint density at radius 3 is 2.28 bits per heavy atom. The highest BCUT2D eigenvalue weighted by Crippen LogP contribution is 2.16. The van der Waals surface area contributed by atoms with Crippen molar-refractivity contribution in [2.45, 2.75) is 20.4 Å². The van der Waals surface area contributed by atoms with Crippen LogP contribution in [0.3, 0.4) is 0 Å². The van der Waals surface area contributed by atoms with Crippen LogP contribution in [0.15, 0.2) is 72.8 Å². The van der Waals surface area contributed by atoms with E-state index in [-0.39, 0.29) is 18.4 Å². The molecule has 0 spiro atoms. The summed E-state index contributed by atoms with van der Waals surface area (Å²) in [6.45, 7) is 4.69. The summed E-state index contributed by atoms with van der Waals surface area (Å²) in [5.74, 6) is -0.297. The summed E-state index contributed by atoms with van der Waals surface area (Å²) in [5, 5.41) is 8.87. The van der Waals surface area contributed by atoms with Gasteiger partial charge in [0.15, 0.2) is 0 Å². The Morgan fingerprint density at radius 1 is 0.862 bits per heavy atom. The number of anilines is 2. The monoisotopic (exact) mass is 387 g/mol. The zero-order chi connectivity index (χ0) is 20.6. The second-order valence-corrected chi connectivity index (χ2v) is 6.97. The lowest BCUT2D eigenvalue weighted by atomic mass is 10.1. The number of aryl methyl sites for hydroxylation is 2. The Balaban J connectivity index is 1.49. The predicted octanol–water partition coefficient (Wildman–Crippen LogP) is 4.28. The number of rotatable bonds is 7. The minimum atomic E-state index is -0.150. The molecule has 5 heteroatoms. The van der Waals surface area contributed by atoms with Crippen LogP contribution in [0, 0.1) is 13.8 Å². The molecular formula is C24H25N3O2. The van der Waals surface area contributed by atoms with Crippen LogP contribution in [0.5, 0.6) is 0 Å². The molecule has 0 bridgehead atoms. The Hall–Kier alpha value is -3.60. The first-order valence-corrected chi connectivity index (χ1v) is 9.54. The van der Waals surface area contributed by atoms with Gasteiger partial charge in [0.2, 0.25) is 5.91 Å². The molecule has 3 N–H and O–H groups in total. The molecule has 0 fully saturated rings. The van der Waals surface area contributed by atoms with Crippen molar-refractivity contribution in [3.05, 3.63) is 95.1 Å². The van der Waals surface area contributed by atoms with Crippen LogP contribution in [0.4, 0.5) is 11.4 Å². The van der Waals surface area contributed by atoms with Crippen LogP contribution >= 0.6 is 0 Å². The lowest BCUT2D eigenvalue weighted by molar-refractivity contribution is -0.114. The maximum Gasteiger partial charge on any atom is 0.251 e. The first-order chi connectivity index (χ1) is 14.0. The zero-order valence-electron chi connectivity index (χ0n) is 16.7. The Bertz CT molecular complexity index is 983. The fourth-order valence-corrected chi connectivity index (χ4v) is 2.98. The van der Waals surface area contributed by atoms with Gasteiger partial charge in [-0.05, 0) is 55.3 Å². The van der Waals surface area contributed by atoms with Gasteiger partial charge in [-0.1, -0.05) is 48.0 Å². The van der Waals surface area contributed by atoms with E-state index in [0.717, 1.165) is 16.8 Å². The van der Waals surface area contributed by atoms with Gasteiger partial charge in [0, 0.05) is 23.5 Å². The largest absolute Gasteiger partial charge is 0.376 e. The second-order valence-electron chi connectivity index (χ2n) is 6.97. The summed E-state index contributed by atoms with van der Waals surface area (Å²) in [5.41, 5.74) is 5.47. The third kappa shape index (κ3) is 5.94. The SMILES string of the molecule is Cc1ccc(NCC(=O)Nc2ccc(C(=O)NCc3ccccc3)cc2)c(C)c1. The minimum Gasteiger partial charge on any atom is -0.376 e. The molecule has 0 aliphatic heterocycles. The number of benzene rings is 3. The van der Waals surface area contributed by atoms with Crippen molar-refractivity contribution < 1.29 is 9.59 Å². The number of hydrogen-bond acceptors (Lipinski definition) is 3. The molecule has 0 aliphatic carbocycles. The van der Waals surface area contributed by atoms with Crippen molar-refractivity contribution in [2.75, 3.05) is 17.2 Å². The van der Waals surface area contributed by atoms with E-state index in [0.29, 0.717) is 17.8 Å². The van der Waals surface area contributed by atoms with E-state index < -0.39 is 0 Å². The van der Waals surface area contributed by atoms with Crippen molar-refractivity contribution in [1.82, 2.24) is 5.32 Å². The Morgan fingerprint density at radius 2 is 1.59 bits per heavy atom. The maximum atomic E-state index is 12.3. The van der Waals surface area contributed by atoms with E-state index in [1.165, 1.54) is 5.56 Å². The smallest absolute Gasteiger partial charge is 0.251 e. The van der Waals surface area contributed by atoms with Crippen LogP contribution in [-0.4, -0.2) is 18.4 Å². The molecule has 3 aromatic rings. The van der Waals surface area contributed by atoms with Crippen molar-refractivity contribution in [3.63, 3.8) is 0 Å². The molecule has 2 amide bonds. The topological polar surface area (TPSA) is 70.2 Å². The average molecular weight is 387 g/mol. The van der Waals surface area contributed by atoms with Gasteiger partial charge in [-0.3, -0.25) is 9.59 Å². The molecule has 0 aromatic heterocycles. The lowest BCUT2D eigenvalue weighted by Crippen LogP contribution is -2.23. The third-order valence-electron chi connectivity index (χ3n) is 4.55. The van der Waals surface area contributed by atoms with Gasteiger partial charge in [0.1, 0.15) is 0 Å². The minimum absolute atomic E-state index is 0.147. The number of carbonyl (C=O) groups excluding carboxylic acids is 2. The number of nitrogens with one attached hydrogen (secondary N) is 3. The zero-order valence-corrected chi connectivity index (χ0v) is 16.7. The molecule has 0 heterocycles. The summed E-state index contributed by atoms with van der Waals surface area (Å²) < 4.78 is 0. The molecule has 3 rings (SSSR count). The van der Waals surface area contributed by atoms with Crippen molar-refractivity contribution in [3.8, 4) is 0 Å². The second kappa shape index (κ2) is 9.55. The molecular weight excluding hydrogens is 362 g/mol.